The third kappa shape index (κ3) is 3.55. The molecule has 0 fully saturated rings. The maximum atomic E-state index is 13.2. The molecule has 0 saturated heterocycles. The highest BCUT2D eigenvalue weighted by atomic mass is 19.1. The van der Waals surface area contributed by atoms with Gasteiger partial charge in [0, 0.05) is 6.54 Å². The minimum atomic E-state index is -0.534. The molecule has 3 N–H and O–H groups in total. The van der Waals surface area contributed by atoms with E-state index in [1.54, 1.807) is 13.0 Å². The van der Waals surface area contributed by atoms with Crippen molar-refractivity contribution >= 4 is 11.7 Å². The molecule has 0 aliphatic heterocycles. The van der Waals surface area contributed by atoms with Crippen LogP contribution in [0.4, 0.5) is 14.9 Å². The molecule has 0 unspecified atom stereocenters. The van der Waals surface area contributed by atoms with Crippen LogP contribution in [0.2, 0.25) is 0 Å². The van der Waals surface area contributed by atoms with Gasteiger partial charge in [-0.15, -0.1) is 0 Å². The highest BCUT2D eigenvalue weighted by Crippen LogP contribution is 2.15. The third-order valence-electron chi connectivity index (χ3n) is 1.77. The van der Waals surface area contributed by atoms with Crippen molar-refractivity contribution in [2.24, 2.45) is 0 Å². The number of nitrogens with one attached hydrogen (secondary N) is 2. The minimum absolute atomic E-state index is 0.130. The van der Waals surface area contributed by atoms with Gasteiger partial charge in [-0.25, -0.2) is 9.18 Å². The van der Waals surface area contributed by atoms with E-state index in [1.165, 1.54) is 12.1 Å². The zero-order valence-corrected chi connectivity index (χ0v) is 8.38. The van der Waals surface area contributed by atoms with E-state index in [-0.39, 0.29) is 18.8 Å². The number of aliphatic hydroxyl groups is 1. The number of aliphatic hydroxyl groups excluding tert-OH is 1. The van der Waals surface area contributed by atoms with E-state index < -0.39 is 11.8 Å². The summed E-state index contributed by atoms with van der Waals surface area (Å²) in [7, 11) is 0. The number of aryl methyl sites for hydroxylation is 1. The van der Waals surface area contributed by atoms with Crippen molar-refractivity contribution in [2.75, 3.05) is 18.5 Å². The van der Waals surface area contributed by atoms with Crippen LogP contribution in [0, 0.1) is 12.7 Å². The summed E-state index contributed by atoms with van der Waals surface area (Å²) in [5.41, 5.74) is 0.985. The number of anilines is 1. The van der Waals surface area contributed by atoms with Crippen molar-refractivity contribution in [2.45, 2.75) is 6.92 Å². The first-order chi connectivity index (χ1) is 7.13. The van der Waals surface area contributed by atoms with Crippen LogP contribution < -0.4 is 10.6 Å². The molecule has 1 aromatic rings. The van der Waals surface area contributed by atoms with Crippen LogP contribution >= 0.6 is 0 Å². The minimum Gasteiger partial charge on any atom is -0.395 e. The summed E-state index contributed by atoms with van der Waals surface area (Å²) in [5, 5.41) is 13.2. The second-order valence-corrected chi connectivity index (χ2v) is 3.09. The monoisotopic (exact) mass is 212 g/mol. The van der Waals surface area contributed by atoms with Crippen LogP contribution in [0.3, 0.4) is 0 Å². The summed E-state index contributed by atoms with van der Waals surface area (Å²) in [4.78, 5) is 11.1. The molecule has 5 heteroatoms. The lowest BCUT2D eigenvalue weighted by Crippen LogP contribution is -2.31. The smallest absolute Gasteiger partial charge is 0.319 e. The largest absolute Gasteiger partial charge is 0.395 e. The quantitative estimate of drug-likeness (QED) is 0.706. The average Bonchev–Trinajstić information content (AvgIpc) is 2.20. The molecule has 0 bridgehead atoms. The fourth-order valence-corrected chi connectivity index (χ4v) is 1.07. The molecule has 1 rings (SSSR count). The second kappa shape index (κ2) is 5.31. The number of hydrogen-bond acceptors (Lipinski definition) is 2. The maximum Gasteiger partial charge on any atom is 0.319 e. The standard InChI is InChI=1S/C10H13FN2O2/c1-7-2-3-8(11)9(6-7)13-10(15)12-4-5-14/h2-3,6,14H,4-5H2,1H3,(H2,12,13,15). The lowest BCUT2D eigenvalue weighted by atomic mass is 10.2. The van der Waals surface area contributed by atoms with Gasteiger partial charge in [0.15, 0.2) is 0 Å². The van der Waals surface area contributed by atoms with Gasteiger partial charge in [-0.1, -0.05) is 6.07 Å². The van der Waals surface area contributed by atoms with E-state index >= 15 is 0 Å². The van der Waals surface area contributed by atoms with Crippen molar-refractivity contribution in [1.82, 2.24) is 5.32 Å². The summed E-state index contributed by atoms with van der Waals surface area (Å²) in [6, 6.07) is 3.91. The van der Waals surface area contributed by atoms with Crippen LogP contribution in [-0.2, 0) is 0 Å². The van der Waals surface area contributed by atoms with Gasteiger partial charge in [-0.2, -0.15) is 0 Å². The number of halogens is 1. The van der Waals surface area contributed by atoms with E-state index in [0.29, 0.717) is 0 Å². The molecular formula is C10H13FN2O2. The van der Waals surface area contributed by atoms with Gasteiger partial charge in [0.1, 0.15) is 5.82 Å². The van der Waals surface area contributed by atoms with E-state index in [1.807, 2.05) is 0 Å². The molecule has 0 aromatic heterocycles. The van der Waals surface area contributed by atoms with Gasteiger partial charge >= 0.3 is 6.03 Å². The van der Waals surface area contributed by atoms with Crippen molar-refractivity contribution in [1.29, 1.82) is 0 Å². The Morgan fingerprint density at radius 1 is 1.53 bits per heavy atom. The number of rotatable bonds is 3. The van der Waals surface area contributed by atoms with E-state index in [9.17, 15) is 9.18 Å². The normalized spacial score (nSPS) is 9.80. The zero-order valence-electron chi connectivity index (χ0n) is 8.38. The van der Waals surface area contributed by atoms with Crippen molar-refractivity contribution < 1.29 is 14.3 Å². The van der Waals surface area contributed by atoms with Gasteiger partial charge in [-0.3, -0.25) is 0 Å². The van der Waals surface area contributed by atoms with Crippen molar-refractivity contribution in [3.8, 4) is 0 Å². The molecule has 0 saturated carbocycles. The summed E-state index contributed by atoms with van der Waals surface area (Å²) < 4.78 is 13.2. The molecule has 0 spiro atoms. The maximum absolute atomic E-state index is 13.2. The number of amides is 2. The highest BCUT2D eigenvalue weighted by Gasteiger charge is 2.05. The number of carbonyl (C=O) groups is 1. The lowest BCUT2D eigenvalue weighted by Gasteiger charge is -2.07. The Kier molecular flexibility index (Phi) is 4.05. The summed E-state index contributed by atoms with van der Waals surface area (Å²) in [5.74, 6) is -0.486. The number of carbonyl (C=O) groups excluding carboxylic acids is 1. The van der Waals surface area contributed by atoms with Gasteiger partial charge in [0.2, 0.25) is 0 Å². The summed E-state index contributed by atoms with van der Waals surface area (Å²) in [6.07, 6.45) is 0. The van der Waals surface area contributed by atoms with Gasteiger partial charge < -0.3 is 15.7 Å². The Balaban J connectivity index is 2.63. The Morgan fingerprint density at radius 3 is 2.93 bits per heavy atom. The van der Waals surface area contributed by atoms with Crippen LogP contribution in [-0.4, -0.2) is 24.3 Å². The Labute approximate surface area is 87.1 Å². The molecule has 82 valence electrons. The number of benzene rings is 1. The topological polar surface area (TPSA) is 61.4 Å². The first kappa shape index (κ1) is 11.5. The summed E-state index contributed by atoms with van der Waals surface area (Å²) in [6.45, 7) is 1.79. The molecular weight excluding hydrogens is 199 g/mol. The predicted octanol–water partition coefficient (Wildman–Crippen LogP) is 1.25. The predicted molar refractivity (Wildman–Crippen MR) is 55.2 cm³/mol. The molecule has 15 heavy (non-hydrogen) atoms. The molecule has 0 atom stereocenters. The second-order valence-electron chi connectivity index (χ2n) is 3.09. The number of hydrogen-bond donors (Lipinski definition) is 3. The van der Waals surface area contributed by atoms with Crippen LogP contribution in [0.5, 0.6) is 0 Å². The lowest BCUT2D eigenvalue weighted by molar-refractivity contribution is 0.244. The van der Waals surface area contributed by atoms with E-state index in [0.717, 1.165) is 5.56 Å². The molecule has 1 aromatic carbocycles. The SMILES string of the molecule is Cc1ccc(F)c(NC(=O)NCCO)c1. The number of urea groups is 1. The molecule has 0 aliphatic carbocycles. The van der Waals surface area contributed by atoms with Gasteiger partial charge in [-0.05, 0) is 24.6 Å². The van der Waals surface area contributed by atoms with Gasteiger partial charge in [0.05, 0.1) is 12.3 Å². The Hall–Kier alpha value is -1.62. The third-order valence-corrected chi connectivity index (χ3v) is 1.77. The Morgan fingerprint density at radius 2 is 2.27 bits per heavy atom. The summed E-state index contributed by atoms with van der Waals surface area (Å²) >= 11 is 0. The van der Waals surface area contributed by atoms with Crippen LogP contribution in [0.15, 0.2) is 18.2 Å². The van der Waals surface area contributed by atoms with Crippen molar-refractivity contribution in [3.05, 3.63) is 29.6 Å². The first-order valence-electron chi connectivity index (χ1n) is 4.55. The van der Waals surface area contributed by atoms with Crippen molar-refractivity contribution in [3.63, 3.8) is 0 Å². The van der Waals surface area contributed by atoms with E-state index in [2.05, 4.69) is 10.6 Å². The van der Waals surface area contributed by atoms with Crippen LogP contribution in [0.25, 0.3) is 0 Å². The fraction of sp³-hybridized carbons (Fsp3) is 0.300. The first-order valence-corrected chi connectivity index (χ1v) is 4.55. The molecule has 2 amide bonds. The molecule has 0 aliphatic rings. The fourth-order valence-electron chi connectivity index (χ4n) is 1.07. The molecule has 4 nitrogen and oxygen atoms in total. The zero-order chi connectivity index (χ0) is 11.3. The van der Waals surface area contributed by atoms with Gasteiger partial charge in [0.25, 0.3) is 0 Å². The average molecular weight is 212 g/mol. The highest BCUT2D eigenvalue weighted by molar-refractivity contribution is 5.89. The molecule has 0 radical (unpaired) electrons. The Bertz CT molecular complexity index is 355. The van der Waals surface area contributed by atoms with E-state index in [4.69, 9.17) is 5.11 Å². The molecule has 0 heterocycles. The van der Waals surface area contributed by atoms with Crippen LogP contribution in [0.1, 0.15) is 5.56 Å².